The van der Waals surface area contributed by atoms with Crippen molar-refractivity contribution in [3.8, 4) is 10.6 Å². The van der Waals surface area contributed by atoms with Gasteiger partial charge in [-0.3, -0.25) is 4.79 Å². The molecule has 0 bridgehead atoms. The number of aromatic nitrogens is 1. The smallest absolute Gasteiger partial charge is 0.235 e. The van der Waals surface area contributed by atoms with E-state index in [4.69, 9.17) is 0 Å². The van der Waals surface area contributed by atoms with E-state index in [1.807, 2.05) is 30.3 Å². The van der Waals surface area contributed by atoms with Crippen molar-refractivity contribution in [1.29, 1.82) is 0 Å². The molecule has 0 saturated heterocycles. The Bertz CT molecular complexity index is 450. The van der Waals surface area contributed by atoms with Gasteiger partial charge >= 0.3 is 0 Å². The average molecular weight is 189 g/mol. The second-order valence-electron chi connectivity index (χ2n) is 2.54. The topological polar surface area (TPSA) is 30.0 Å². The Morgan fingerprint density at radius 2 is 1.85 bits per heavy atom. The van der Waals surface area contributed by atoms with Crippen LogP contribution in [0.1, 0.15) is 0 Å². The van der Waals surface area contributed by atoms with Crippen molar-refractivity contribution in [2.75, 3.05) is 0 Å². The number of nitrogens with zero attached hydrogens (tertiary/aromatic N) is 1. The summed E-state index contributed by atoms with van der Waals surface area (Å²) in [6.07, 6.45) is 1.54. The monoisotopic (exact) mass is 189 g/mol. The summed E-state index contributed by atoms with van der Waals surface area (Å²) < 4.78 is 0.0360. The predicted molar refractivity (Wildman–Crippen MR) is 53.8 cm³/mol. The van der Waals surface area contributed by atoms with Crippen LogP contribution in [-0.4, -0.2) is 4.98 Å². The lowest BCUT2D eigenvalue weighted by molar-refractivity contribution is 1.37. The third kappa shape index (κ3) is 1.81. The number of hydrogen-bond donors (Lipinski definition) is 0. The maximum absolute atomic E-state index is 11.0. The Labute approximate surface area is 79.5 Å². The molecule has 2 rings (SSSR count). The zero-order chi connectivity index (χ0) is 9.10. The number of hydrogen-bond acceptors (Lipinski definition) is 3. The lowest BCUT2D eigenvalue weighted by Crippen LogP contribution is -1.92. The van der Waals surface area contributed by atoms with Crippen LogP contribution in [-0.2, 0) is 0 Å². The summed E-state index contributed by atoms with van der Waals surface area (Å²) >= 11 is 1.16. The zero-order valence-electron chi connectivity index (χ0n) is 6.81. The Kier molecular flexibility index (Phi) is 2.19. The minimum absolute atomic E-state index is 0.0360. The maximum atomic E-state index is 11.0. The van der Waals surface area contributed by atoms with Crippen LogP contribution in [0, 0.1) is 0 Å². The van der Waals surface area contributed by atoms with Crippen molar-refractivity contribution < 1.29 is 0 Å². The van der Waals surface area contributed by atoms with E-state index in [0.717, 1.165) is 21.9 Å². The fraction of sp³-hybridized carbons (Fsp3) is 0. The second kappa shape index (κ2) is 3.49. The highest BCUT2D eigenvalue weighted by Crippen LogP contribution is 2.17. The highest BCUT2D eigenvalue weighted by atomic mass is 32.1. The van der Waals surface area contributed by atoms with Gasteiger partial charge in [-0.05, 0) is 0 Å². The minimum Gasteiger partial charge on any atom is -0.278 e. The third-order valence-electron chi connectivity index (χ3n) is 1.62. The molecule has 0 fully saturated rings. The van der Waals surface area contributed by atoms with E-state index in [1.165, 1.54) is 6.07 Å². The molecule has 0 N–H and O–H groups in total. The van der Waals surface area contributed by atoms with Crippen molar-refractivity contribution in [3.63, 3.8) is 0 Å². The summed E-state index contributed by atoms with van der Waals surface area (Å²) in [7, 11) is 0. The number of benzene rings is 1. The summed E-state index contributed by atoms with van der Waals surface area (Å²) in [6, 6.07) is 11.2. The zero-order valence-corrected chi connectivity index (χ0v) is 7.62. The van der Waals surface area contributed by atoms with Gasteiger partial charge in [0.2, 0.25) is 4.74 Å². The maximum Gasteiger partial charge on any atom is 0.235 e. The molecule has 2 aromatic rings. The first-order valence-corrected chi connectivity index (χ1v) is 4.69. The molecule has 2 nitrogen and oxygen atoms in total. The van der Waals surface area contributed by atoms with Crippen LogP contribution in [0.2, 0.25) is 0 Å². The number of rotatable bonds is 1. The van der Waals surface area contributed by atoms with E-state index in [9.17, 15) is 4.79 Å². The van der Waals surface area contributed by atoms with Crippen LogP contribution in [0.3, 0.4) is 0 Å². The summed E-state index contributed by atoms with van der Waals surface area (Å²) in [4.78, 5) is 15.2. The molecule has 0 aliphatic rings. The van der Waals surface area contributed by atoms with E-state index in [2.05, 4.69) is 4.98 Å². The molecule has 1 heterocycles. The standard InChI is InChI=1S/C10H7NOS/c12-9-6-7-11-10(13-9)8-4-2-1-3-5-8/h1-7H. The molecule has 3 heteroatoms. The Hall–Kier alpha value is -1.48. The van der Waals surface area contributed by atoms with E-state index < -0.39 is 0 Å². The lowest BCUT2D eigenvalue weighted by atomic mass is 10.2. The van der Waals surface area contributed by atoms with Crippen LogP contribution >= 0.6 is 11.3 Å². The van der Waals surface area contributed by atoms with E-state index in [0.29, 0.717) is 0 Å². The average Bonchev–Trinajstić information content (AvgIpc) is 2.19. The molecule has 0 aliphatic carbocycles. The predicted octanol–water partition coefficient (Wildman–Crippen LogP) is 2.17. The quantitative estimate of drug-likeness (QED) is 0.688. The van der Waals surface area contributed by atoms with Crippen molar-refractivity contribution in [2.24, 2.45) is 0 Å². The van der Waals surface area contributed by atoms with Gasteiger partial charge in [0.25, 0.3) is 0 Å². The largest absolute Gasteiger partial charge is 0.278 e. The Morgan fingerprint density at radius 3 is 2.54 bits per heavy atom. The molecule has 1 aromatic carbocycles. The van der Waals surface area contributed by atoms with Crippen molar-refractivity contribution >= 4 is 11.3 Å². The van der Waals surface area contributed by atoms with Gasteiger partial charge in [0, 0.05) is 17.8 Å². The van der Waals surface area contributed by atoms with Gasteiger partial charge in [-0.15, -0.1) is 0 Å². The van der Waals surface area contributed by atoms with E-state index >= 15 is 0 Å². The summed E-state index contributed by atoms with van der Waals surface area (Å²) in [6.45, 7) is 0. The fourth-order valence-corrected chi connectivity index (χ4v) is 1.72. The normalized spacial score (nSPS) is 9.85. The molecule has 0 aliphatic heterocycles. The minimum atomic E-state index is 0.0360. The highest BCUT2D eigenvalue weighted by molar-refractivity contribution is 7.12. The van der Waals surface area contributed by atoms with Crippen LogP contribution in [0.4, 0.5) is 0 Å². The molecule has 13 heavy (non-hydrogen) atoms. The molecule has 0 unspecified atom stereocenters. The molecule has 0 radical (unpaired) electrons. The molecule has 64 valence electrons. The molecule has 0 spiro atoms. The Morgan fingerprint density at radius 1 is 1.08 bits per heavy atom. The van der Waals surface area contributed by atoms with Crippen molar-refractivity contribution in [3.05, 3.63) is 52.1 Å². The van der Waals surface area contributed by atoms with Crippen molar-refractivity contribution in [2.45, 2.75) is 0 Å². The van der Waals surface area contributed by atoms with Crippen LogP contribution in [0.15, 0.2) is 47.4 Å². The first kappa shape index (κ1) is 8.13. The first-order chi connectivity index (χ1) is 6.36. The van der Waals surface area contributed by atoms with Gasteiger partial charge in [-0.25, -0.2) is 4.98 Å². The second-order valence-corrected chi connectivity index (χ2v) is 3.53. The first-order valence-electron chi connectivity index (χ1n) is 3.88. The third-order valence-corrected chi connectivity index (χ3v) is 2.49. The highest BCUT2D eigenvalue weighted by Gasteiger charge is 1.97. The SMILES string of the molecule is O=c1ccnc(-c2ccccc2)s1. The molecular weight excluding hydrogens is 182 g/mol. The van der Waals surface area contributed by atoms with Crippen molar-refractivity contribution in [1.82, 2.24) is 4.98 Å². The van der Waals surface area contributed by atoms with Gasteiger partial charge in [-0.2, -0.15) is 0 Å². The van der Waals surface area contributed by atoms with Gasteiger partial charge in [0.05, 0.1) is 0 Å². The summed E-state index contributed by atoms with van der Waals surface area (Å²) in [5.74, 6) is 0. The van der Waals surface area contributed by atoms with Crippen LogP contribution < -0.4 is 4.74 Å². The Balaban J connectivity index is 2.54. The van der Waals surface area contributed by atoms with Gasteiger partial charge in [-0.1, -0.05) is 41.7 Å². The molecule has 0 amide bonds. The van der Waals surface area contributed by atoms with E-state index in [-0.39, 0.29) is 4.74 Å². The van der Waals surface area contributed by atoms with Crippen LogP contribution in [0.25, 0.3) is 10.6 Å². The summed E-state index contributed by atoms with van der Waals surface area (Å²) in [5.41, 5.74) is 0.991. The van der Waals surface area contributed by atoms with E-state index in [1.54, 1.807) is 6.20 Å². The van der Waals surface area contributed by atoms with Gasteiger partial charge < -0.3 is 0 Å². The summed E-state index contributed by atoms with van der Waals surface area (Å²) in [5, 5.41) is 0.771. The van der Waals surface area contributed by atoms with Gasteiger partial charge in [0.15, 0.2) is 0 Å². The lowest BCUT2D eigenvalue weighted by Gasteiger charge is -1.95. The molecule has 0 saturated carbocycles. The molecule has 1 aromatic heterocycles. The fourth-order valence-electron chi connectivity index (χ4n) is 1.04. The molecule has 0 atom stereocenters. The van der Waals surface area contributed by atoms with Crippen LogP contribution in [0.5, 0.6) is 0 Å². The molecular formula is C10H7NOS. The van der Waals surface area contributed by atoms with Gasteiger partial charge in [0.1, 0.15) is 5.01 Å².